The van der Waals surface area contributed by atoms with E-state index in [9.17, 15) is 8.42 Å². The van der Waals surface area contributed by atoms with Gasteiger partial charge in [0, 0.05) is 13.1 Å². The van der Waals surface area contributed by atoms with Crippen LogP contribution in [0.1, 0.15) is 20.8 Å². The van der Waals surface area contributed by atoms with Crippen molar-refractivity contribution >= 4 is 21.8 Å². The third kappa shape index (κ3) is 6.73. The summed E-state index contributed by atoms with van der Waals surface area (Å²) in [7, 11) is -3.17. The maximum Gasteiger partial charge on any atom is 0.215 e. The number of hydrogen-bond acceptors (Lipinski definition) is 4. The molecule has 0 aliphatic heterocycles. The van der Waals surface area contributed by atoms with Gasteiger partial charge in [-0.3, -0.25) is 0 Å². The van der Waals surface area contributed by atoms with Crippen LogP contribution in [0.15, 0.2) is 0 Å². The molecule has 0 aromatic heterocycles. The largest absolute Gasteiger partial charge is 0.316 e. The minimum atomic E-state index is -3.17. The number of rotatable bonds is 9. The smallest absolute Gasteiger partial charge is 0.215 e. The molecule has 0 amide bonds. The van der Waals surface area contributed by atoms with Crippen molar-refractivity contribution in [3.63, 3.8) is 0 Å². The lowest BCUT2D eigenvalue weighted by molar-refractivity contribution is 0.545. The zero-order valence-electron chi connectivity index (χ0n) is 10.6. The molecular weight excluding hydrogens is 244 g/mol. The highest BCUT2D eigenvalue weighted by Crippen LogP contribution is 2.04. The van der Waals surface area contributed by atoms with E-state index in [1.54, 1.807) is 18.7 Å². The molecule has 4 nitrogen and oxygen atoms in total. The monoisotopic (exact) mass is 268 g/mol. The molecule has 0 spiro atoms. The van der Waals surface area contributed by atoms with Crippen molar-refractivity contribution in [3.05, 3.63) is 0 Å². The number of nitrogens with one attached hydrogen (secondary N) is 2. The van der Waals surface area contributed by atoms with Crippen molar-refractivity contribution in [1.82, 2.24) is 10.0 Å². The summed E-state index contributed by atoms with van der Waals surface area (Å²) < 4.78 is 26.2. The second-order valence-electron chi connectivity index (χ2n) is 4.07. The molecule has 0 saturated heterocycles. The van der Waals surface area contributed by atoms with Gasteiger partial charge in [0.2, 0.25) is 10.0 Å². The van der Waals surface area contributed by atoms with Gasteiger partial charge in [-0.15, -0.1) is 0 Å². The molecule has 0 fully saturated rings. The molecule has 0 radical (unpaired) electrons. The Bertz CT molecular complexity index is 268. The van der Waals surface area contributed by atoms with E-state index < -0.39 is 10.0 Å². The SMILES string of the molecule is CCNCC(C)S(=O)(=O)NCC(C)CSC. The van der Waals surface area contributed by atoms with Crippen molar-refractivity contribution in [2.24, 2.45) is 5.92 Å². The fourth-order valence-corrected chi connectivity index (χ4v) is 3.03. The van der Waals surface area contributed by atoms with Crippen LogP contribution in [-0.2, 0) is 10.0 Å². The van der Waals surface area contributed by atoms with Crippen molar-refractivity contribution in [2.75, 3.05) is 31.6 Å². The maximum absolute atomic E-state index is 11.8. The fourth-order valence-electron chi connectivity index (χ4n) is 1.20. The number of sulfonamides is 1. The summed E-state index contributed by atoms with van der Waals surface area (Å²) in [5.41, 5.74) is 0. The molecule has 2 atom stereocenters. The summed E-state index contributed by atoms with van der Waals surface area (Å²) in [4.78, 5) is 0. The first-order chi connectivity index (χ1) is 7.44. The van der Waals surface area contributed by atoms with E-state index in [0.717, 1.165) is 12.3 Å². The van der Waals surface area contributed by atoms with Gasteiger partial charge in [0.15, 0.2) is 0 Å². The van der Waals surface area contributed by atoms with Gasteiger partial charge in [-0.05, 0) is 31.4 Å². The molecule has 0 aromatic rings. The Balaban J connectivity index is 4.03. The maximum atomic E-state index is 11.8. The molecule has 0 rings (SSSR count). The standard InChI is InChI=1S/C10H24N2O2S2/c1-5-11-7-10(3)16(13,14)12-6-9(2)8-15-4/h9-12H,5-8H2,1-4H3. The normalized spacial score (nSPS) is 16.0. The van der Waals surface area contributed by atoms with E-state index in [1.807, 2.05) is 20.1 Å². The van der Waals surface area contributed by atoms with E-state index >= 15 is 0 Å². The lowest BCUT2D eigenvalue weighted by atomic mass is 10.2. The lowest BCUT2D eigenvalue weighted by Crippen LogP contribution is -2.40. The predicted octanol–water partition coefficient (Wildman–Crippen LogP) is 0.903. The first kappa shape index (κ1) is 16.2. The first-order valence-corrected chi connectivity index (χ1v) is 8.56. The predicted molar refractivity (Wildman–Crippen MR) is 72.5 cm³/mol. The quantitative estimate of drug-likeness (QED) is 0.652. The molecule has 2 N–H and O–H groups in total. The highest BCUT2D eigenvalue weighted by molar-refractivity contribution is 7.98. The summed E-state index contributed by atoms with van der Waals surface area (Å²) in [6.45, 7) is 7.57. The van der Waals surface area contributed by atoms with Gasteiger partial charge >= 0.3 is 0 Å². The van der Waals surface area contributed by atoms with Gasteiger partial charge in [-0.25, -0.2) is 13.1 Å². The van der Waals surface area contributed by atoms with Gasteiger partial charge in [0.1, 0.15) is 0 Å². The third-order valence-corrected chi connectivity index (χ3v) is 4.99. The summed E-state index contributed by atoms with van der Waals surface area (Å²) in [6, 6.07) is 0. The van der Waals surface area contributed by atoms with E-state index in [0.29, 0.717) is 19.0 Å². The minimum Gasteiger partial charge on any atom is -0.316 e. The molecule has 6 heteroatoms. The average Bonchev–Trinajstić information content (AvgIpc) is 2.23. The zero-order valence-corrected chi connectivity index (χ0v) is 12.2. The van der Waals surface area contributed by atoms with Crippen LogP contribution < -0.4 is 10.0 Å². The molecule has 0 aliphatic rings. The van der Waals surface area contributed by atoms with E-state index in [1.165, 1.54) is 0 Å². The summed E-state index contributed by atoms with van der Waals surface area (Å²) in [5, 5.41) is 2.66. The van der Waals surface area contributed by atoms with E-state index in [-0.39, 0.29) is 5.25 Å². The Labute approximate surface area is 104 Å². The topological polar surface area (TPSA) is 58.2 Å². The fraction of sp³-hybridized carbons (Fsp3) is 1.00. The number of thioether (sulfide) groups is 1. The first-order valence-electron chi connectivity index (χ1n) is 5.62. The van der Waals surface area contributed by atoms with Gasteiger partial charge in [-0.1, -0.05) is 13.8 Å². The molecule has 0 aliphatic carbocycles. The molecule has 0 heterocycles. The Kier molecular flexibility index (Phi) is 8.45. The van der Waals surface area contributed by atoms with Crippen molar-refractivity contribution < 1.29 is 8.42 Å². The van der Waals surface area contributed by atoms with E-state index in [2.05, 4.69) is 10.0 Å². The third-order valence-electron chi connectivity index (χ3n) is 2.30. The second kappa shape index (κ2) is 8.33. The summed E-state index contributed by atoms with van der Waals surface area (Å²) >= 11 is 1.74. The summed E-state index contributed by atoms with van der Waals surface area (Å²) in [6.07, 6.45) is 2.03. The molecular formula is C10H24N2O2S2. The molecule has 0 saturated carbocycles. The van der Waals surface area contributed by atoms with Crippen molar-refractivity contribution in [1.29, 1.82) is 0 Å². The highest BCUT2D eigenvalue weighted by atomic mass is 32.2. The average molecular weight is 268 g/mol. The van der Waals surface area contributed by atoms with Crippen molar-refractivity contribution in [2.45, 2.75) is 26.0 Å². The van der Waals surface area contributed by atoms with Crippen LogP contribution in [0.5, 0.6) is 0 Å². The van der Waals surface area contributed by atoms with Crippen LogP contribution in [0.2, 0.25) is 0 Å². The Hall–Kier alpha value is 0.220. The van der Waals surface area contributed by atoms with Crippen molar-refractivity contribution in [3.8, 4) is 0 Å². The Morgan fingerprint density at radius 3 is 2.38 bits per heavy atom. The number of hydrogen-bond donors (Lipinski definition) is 2. The summed E-state index contributed by atoms with van der Waals surface area (Å²) in [5.74, 6) is 1.35. The van der Waals surface area contributed by atoms with Crippen LogP contribution in [0.3, 0.4) is 0 Å². The van der Waals surface area contributed by atoms with E-state index in [4.69, 9.17) is 0 Å². The molecule has 16 heavy (non-hydrogen) atoms. The molecule has 0 aromatic carbocycles. The Morgan fingerprint density at radius 1 is 1.25 bits per heavy atom. The highest BCUT2D eigenvalue weighted by Gasteiger charge is 2.20. The minimum absolute atomic E-state index is 0.371. The molecule has 2 unspecified atom stereocenters. The van der Waals surface area contributed by atoms with Gasteiger partial charge in [-0.2, -0.15) is 11.8 Å². The van der Waals surface area contributed by atoms with Crippen LogP contribution in [-0.4, -0.2) is 45.3 Å². The van der Waals surface area contributed by atoms with Crippen LogP contribution >= 0.6 is 11.8 Å². The van der Waals surface area contributed by atoms with Crippen LogP contribution in [0.25, 0.3) is 0 Å². The molecule has 98 valence electrons. The van der Waals surface area contributed by atoms with Crippen LogP contribution in [0.4, 0.5) is 0 Å². The second-order valence-corrected chi connectivity index (χ2v) is 7.17. The molecule has 0 bridgehead atoms. The van der Waals surface area contributed by atoms with Gasteiger partial charge in [0.05, 0.1) is 5.25 Å². The lowest BCUT2D eigenvalue weighted by Gasteiger charge is -2.16. The Morgan fingerprint density at radius 2 is 1.88 bits per heavy atom. The van der Waals surface area contributed by atoms with Gasteiger partial charge < -0.3 is 5.32 Å². The van der Waals surface area contributed by atoms with Crippen LogP contribution in [0, 0.1) is 5.92 Å². The zero-order chi connectivity index (χ0) is 12.6. The van der Waals surface area contributed by atoms with Gasteiger partial charge in [0.25, 0.3) is 0 Å².